The monoisotopic (exact) mass is 712 g/mol. The van der Waals surface area contributed by atoms with Crippen molar-refractivity contribution < 1.29 is 19.2 Å². The summed E-state index contributed by atoms with van der Waals surface area (Å²) in [6, 6.07) is 11.3. The average Bonchev–Trinajstić information content (AvgIpc) is 3.12. The van der Waals surface area contributed by atoms with Crippen molar-refractivity contribution in [2.75, 3.05) is 0 Å². The van der Waals surface area contributed by atoms with Crippen molar-refractivity contribution in [1.82, 2.24) is 9.80 Å². The molecule has 4 amide bonds. The third kappa shape index (κ3) is 4.39. The van der Waals surface area contributed by atoms with Crippen LogP contribution in [-0.2, 0) is 0 Å². The molecular formula is C42H37BrN2O4. The van der Waals surface area contributed by atoms with Gasteiger partial charge >= 0.3 is 0 Å². The second kappa shape index (κ2) is 11.7. The van der Waals surface area contributed by atoms with Gasteiger partial charge in [0.05, 0.1) is 0 Å². The molecule has 2 aliphatic carbocycles. The number of halogens is 1. The minimum Gasteiger partial charge on any atom is -0.271 e. The summed E-state index contributed by atoms with van der Waals surface area (Å²) in [6.07, 6.45) is 12.4. The molecule has 5 aromatic rings. The topological polar surface area (TPSA) is 74.8 Å². The Morgan fingerprint density at radius 2 is 1.10 bits per heavy atom. The van der Waals surface area contributed by atoms with Gasteiger partial charge in [0.2, 0.25) is 0 Å². The fraction of sp³-hybridized carbons (Fsp3) is 0.381. The highest BCUT2D eigenvalue weighted by Crippen LogP contribution is 2.50. The number of rotatable bonds is 4. The molecule has 246 valence electrons. The quantitative estimate of drug-likeness (QED) is 0.0611. The minimum absolute atomic E-state index is 0.0897. The lowest BCUT2D eigenvalue weighted by atomic mass is 9.80. The molecule has 4 aliphatic rings. The first-order valence-electron chi connectivity index (χ1n) is 18.1. The smallest absolute Gasteiger partial charge is 0.261 e. The van der Waals surface area contributed by atoms with Crippen LogP contribution >= 0.6 is 15.9 Å². The van der Waals surface area contributed by atoms with Crippen molar-refractivity contribution in [3.63, 3.8) is 0 Å². The molecule has 2 saturated carbocycles. The van der Waals surface area contributed by atoms with Crippen LogP contribution in [0.25, 0.3) is 43.1 Å². The predicted octanol–water partition coefficient (Wildman–Crippen LogP) is 9.90. The van der Waals surface area contributed by atoms with E-state index >= 15 is 0 Å². The van der Waals surface area contributed by atoms with Crippen molar-refractivity contribution in [3.8, 4) is 11.8 Å². The standard InChI is InChI=1S/C42H37BrN2O4/c1-2-3-4-7-12-23-21-30-34-28(39(46)44(41(30)48)24-13-8-5-9-14-24)20-18-27-36-32(43)22-31-35-29(19-17-26(38(35)36)33(23)37(27)34)40(47)45(42(31)49)25-15-10-6-11-16-25/h17-22,24-25H,2-6,8-11,13-16H2,1H3. The number of benzene rings is 5. The van der Waals surface area contributed by atoms with Gasteiger partial charge in [0.25, 0.3) is 23.6 Å². The summed E-state index contributed by atoms with van der Waals surface area (Å²) < 4.78 is 0.749. The SMILES string of the molecule is CCCCC#Cc1cc2c3c(ccc4c5c(Br)cc6c7c(ccc(c1c34)c75)C(=O)N(C1CCCCC1)C6=O)C(=O)N(C1CCCCC1)C2=O. The van der Waals surface area contributed by atoms with Crippen molar-refractivity contribution in [3.05, 3.63) is 68.7 Å². The Balaban J connectivity index is 1.36. The van der Waals surface area contributed by atoms with Gasteiger partial charge in [-0.25, -0.2) is 0 Å². The summed E-state index contributed by atoms with van der Waals surface area (Å²) >= 11 is 3.87. The van der Waals surface area contributed by atoms with Gasteiger partial charge in [-0.05, 0) is 67.1 Å². The molecule has 2 fully saturated rings. The lowest BCUT2D eigenvalue weighted by Gasteiger charge is -2.37. The Labute approximate surface area is 293 Å². The van der Waals surface area contributed by atoms with Gasteiger partial charge in [-0.1, -0.05) is 91.8 Å². The van der Waals surface area contributed by atoms with Crippen LogP contribution in [0.2, 0.25) is 0 Å². The number of amides is 4. The van der Waals surface area contributed by atoms with E-state index in [9.17, 15) is 19.2 Å². The van der Waals surface area contributed by atoms with Crippen molar-refractivity contribution in [1.29, 1.82) is 0 Å². The largest absolute Gasteiger partial charge is 0.271 e. The Kier molecular flexibility index (Phi) is 7.32. The molecule has 0 bridgehead atoms. The second-order valence-corrected chi connectivity index (χ2v) is 15.3. The van der Waals surface area contributed by atoms with Crippen LogP contribution in [0, 0.1) is 11.8 Å². The summed E-state index contributed by atoms with van der Waals surface area (Å²) in [5.74, 6) is 5.90. The Hall–Kier alpha value is -4.28. The van der Waals surface area contributed by atoms with Crippen LogP contribution in [0.15, 0.2) is 40.9 Å². The number of hydrogen-bond acceptors (Lipinski definition) is 4. The van der Waals surface area contributed by atoms with Gasteiger partial charge in [-0.15, -0.1) is 0 Å². The summed E-state index contributed by atoms with van der Waals surface area (Å²) in [4.78, 5) is 60.1. The Morgan fingerprint density at radius 3 is 1.65 bits per heavy atom. The van der Waals surface area contributed by atoms with Gasteiger partial charge < -0.3 is 0 Å². The molecule has 49 heavy (non-hydrogen) atoms. The number of nitrogens with zero attached hydrogens (tertiary/aromatic N) is 2. The van der Waals surface area contributed by atoms with E-state index in [2.05, 4.69) is 34.7 Å². The first-order valence-corrected chi connectivity index (χ1v) is 18.9. The van der Waals surface area contributed by atoms with E-state index in [0.29, 0.717) is 33.0 Å². The van der Waals surface area contributed by atoms with Crippen LogP contribution in [0.1, 0.15) is 137 Å². The first-order chi connectivity index (χ1) is 23.9. The summed E-state index contributed by atoms with van der Waals surface area (Å²) in [7, 11) is 0. The van der Waals surface area contributed by atoms with Gasteiger partial charge in [0.15, 0.2) is 0 Å². The van der Waals surface area contributed by atoms with E-state index in [1.165, 1.54) is 9.80 Å². The van der Waals surface area contributed by atoms with E-state index in [0.717, 1.165) is 126 Å². The van der Waals surface area contributed by atoms with E-state index in [4.69, 9.17) is 0 Å². The van der Waals surface area contributed by atoms with Crippen LogP contribution in [-0.4, -0.2) is 45.5 Å². The zero-order valence-corrected chi connectivity index (χ0v) is 29.3. The second-order valence-electron chi connectivity index (χ2n) is 14.4. The number of imide groups is 2. The maximum Gasteiger partial charge on any atom is 0.261 e. The fourth-order valence-corrected chi connectivity index (χ4v) is 9.96. The highest BCUT2D eigenvalue weighted by Gasteiger charge is 2.42. The van der Waals surface area contributed by atoms with Gasteiger partial charge in [0, 0.05) is 83.1 Å². The molecule has 7 heteroatoms. The van der Waals surface area contributed by atoms with Crippen molar-refractivity contribution in [2.45, 2.75) is 102 Å². The molecule has 9 rings (SSSR count). The van der Waals surface area contributed by atoms with E-state index in [1.807, 2.05) is 36.4 Å². The first kappa shape index (κ1) is 30.8. The number of carbonyl (C=O) groups excluding carboxylic acids is 4. The van der Waals surface area contributed by atoms with Crippen LogP contribution in [0.4, 0.5) is 0 Å². The lowest BCUT2D eigenvalue weighted by molar-refractivity contribution is 0.0487. The Bertz CT molecular complexity index is 2350. The number of fused-ring (bicyclic) bond motifs is 2. The van der Waals surface area contributed by atoms with Crippen LogP contribution in [0.5, 0.6) is 0 Å². The number of carbonyl (C=O) groups is 4. The summed E-state index contributed by atoms with van der Waals surface area (Å²) in [5, 5.41) is 6.52. The molecule has 6 nitrogen and oxygen atoms in total. The van der Waals surface area contributed by atoms with Crippen LogP contribution in [0.3, 0.4) is 0 Å². The van der Waals surface area contributed by atoms with Crippen molar-refractivity contribution in [2.24, 2.45) is 0 Å². The highest BCUT2D eigenvalue weighted by molar-refractivity contribution is 9.10. The van der Waals surface area contributed by atoms with Gasteiger partial charge in [0.1, 0.15) is 0 Å². The highest BCUT2D eigenvalue weighted by atomic mass is 79.9. The molecule has 0 saturated heterocycles. The molecule has 0 aromatic heterocycles. The third-order valence-corrected chi connectivity index (χ3v) is 12.2. The van der Waals surface area contributed by atoms with Crippen molar-refractivity contribution >= 4 is 82.6 Å². The normalized spacial score (nSPS) is 18.8. The zero-order chi connectivity index (χ0) is 33.6. The number of unbranched alkanes of at least 4 members (excludes halogenated alkanes) is 2. The molecule has 0 unspecified atom stereocenters. The Morgan fingerprint density at radius 1 is 0.612 bits per heavy atom. The molecule has 0 spiro atoms. The molecule has 0 atom stereocenters. The molecule has 5 aromatic carbocycles. The van der Waals surface area contributed by atoms with E-state index in [-0.39, 0.29) is 35.7 Å². The molecule has 0 radical (unpaired) electrons. The fourth-order valence-electron chi connectivity index (χ4n) is 9.32. The summed E-state index contributed by atoms with van der Waals surface area (Å²) in [5.41, 5.74) is 2.89. The lowest BCUT2D eigenvalue weighted by Crippen LogP contribution is -2.48. The van der Waals surface area contributed by atoms with Gasteiger partial charge in [-0.3, -0.25) is 29.0 Å². The van der Waals surface area contributed by atoms with E-state index < -0.39 is 0 Å². The van der Waals surface area contributed by atoms with E-state index in [1.54, 1.807) is 0 Å². The third-order valence-electron chi connectivity index (χ3n) is 11.6. The average molecular weight is 714 g/mol. The van der Waals surface area contributed by atoms with Crippen LogP contribution < -0.4 is 0 Å². The van der Waals surface area contributed by atoms with Gasteiger partial charge in [-0.2, -0.15) is 0 Å². The summed E-state index contributed by atoms with van der Waals surface area (Å²) in [6.45, 7) is 2.14. The number of hydrogen-bond donors (Lipinski definition) is 0. The maximum atomic E-state index is 14.4. The minimum atomic E-state index is -0.237. The zero-order valence-electron chi connectivity index (χ0n) is 27.7. The predicted molar refractivity (Wildman–Crippen MR) is 197 cm³/mol. The molecular weight excluding hydrogens is 676 g/mol. The molecule has 2 aliphatic heterocycles. The maximum absolute atomic E-state index is 14.4. The molecule has 0 N–H and O–H groups in total. The molecule has 2 heterocycles.